The Morgan fingerprint density at radius 1 is 1.05 bits per heavy atom. The first-order valence-electron chi connectivity index (χ1n) is 6.82. The summed E-state index contributed by atoms with van der Waals surface area (Å²) in [5.41, 5.74) is -0.785. The van der Waals surface area contributed by atoms with Crippen LogP contribution in [0.4, 0.5) is 0 Å². The minimum atomic E-state index is -0.397. The van der Waals surface area contributed by atoms with Crippen LogP contribution in [0.5, 0.6) is 0 Å². The number of hydrogen-bond acceptors (Lipinski definition) is 6. The zero-order valence-corrected chi connectivity index (χ0v) is 12.6. The molecule has 0 saturated heterocycles. The van der Waals surface area contributed by atoms with Crippen molar-refractivity contribution in [1.29, 1.82) is 0 Å². The third-order valence-corrected chi connectivity index (χ3v) is 3.41. The van der Waals surface area contributed by atoms with Crippen LogP contribution in [-0.2, 0) is 0 Å². The molecule has 19 heavy (non-hydrogen) atoms. The first kappa shape index (κ1) is 14.0. The van der Waals surface area contributed by atoms with Gasteiger partial charge in [-0.2, -0.15) is 10.2 Å². The fraction of sp³-hybridized carbons (Fsp3) is 0.846. The molecule has 0 bridgehead atoms. The van der Waals surface area contributed by atoms with Gasteiger partial charge in [0.25, 0.3) is 0 Å². The van der Waals surface area contributed by atoms with Crippen LogP contribution in [-0.4, -0.2) is 60.9 Å². The Balaban J connectivity index is 2.12. The average molecular weight is 264 g/mol. The number of azo groups is 1. The maximum absolute atomic E-state index is 4.54. The molecule has 2 aliphatic rings. The number of aliphatic imine (C=N–C) groups is 2. The molecule has 0 aromatic carbocycles. The first-order chi connectivity index (χ1) is 8.83. The third kappa shape index (κ3) is 2.93. The van der Waals surface area contributed by atoms with Crippen LogP contribution < -0.4 is 5.32 Å². The van der Waals surface area contributed by atoms with Gasteiger partial charge in [0.05, 0.1) is 13.1 Å². The Kier molecular flexibility index (Phi) is 3.60. The monoisotopic (exact) mass is 264 g/mol. The predicted octanol–water partition coefficient (Wildman–Crippen LogP) is 1.34. The molecule has 1 N–H and O–H groups in total. The second kappa shape index (κ2) is 4.90. The Labute approximate surface area is 115 Å². The van der Waals surface area contributed by atoms with Gasteiger partial charge in [-0.15, -0.1) is 0 Å². The minimum absolute atomic E-state index is 0.387. The number of likely N-dealkylation sites (N-methyl/N-ethyl adjacent to an activating group) is 1. The zero-order valence-electron chi connectivity index (χ0n) is 12.6. The van der Waals surface area contributed by atoms with Crippen LogP contribution in [0, 0.1) is 0 Å². The van der Waals surface area contributed by atoms with Gasteiger partial charge in [-0.05, 0) is 27.7 Å². The van der Waals surface area contributed by atoms with E-state index in [1.165, 1.54) is 0 Å². The van der Waals surface area contributed by atoms with Crippen molar-refractivity contribution < 1.29 is 0 Å². The summed E-state index contributed by atoms with van der Waals surface area (Å²) in [6.07, 6.45) is 0. The SMILES string of the molecule is CN1CCN=C1C(C)(C)N=NC(C)(C)C1=NCCN1. The molecule has 0 aromatic rings. The van der Waals surface area contributed by atoms with Crippen LogP contribution in [0.15, 0.2) is 20.2 Å². The average Bonchev–Trinajstić information content (AvgIpc) is 2.97. The maximum atomic E-state index is 4.54. The van der Waals surface area contributed by atoms with Crippen molar-refractivity contribution in [2.45, 2.75) is 38.8 Å². The van der Waals surface area contributed by atoms with E-state index in [1.54, 1.807) is 0 Å². The highest BCUT2D eigenvalue weighted by Crippen LogP contribution is 2.21. The smallest absolute Gasteiger partial charge is 0.133 e. The van der Waals surface area contributed by atoms with Gasteiger partial charge in [-0.1, -0.05) is 0 Å². The molecule has 0 radical (unpaired) electrons. The van der Waals surface area contributed by atoms with Crippen molar-refractivity contribution in [3.8, 4) is 0 Å². The van der Waals surface area contributed by atoms with Crippen molar-refractivity contribution in [1.82, 2.24) is 10.2 Å². The van der Waals surface area contributed by atoms with Crippen LogP contribution >= 0.6 is 0 Å². The molecule has 0 atom stereocenters. The molecule has 0 aromatic heterocycles. The molecule has 2 rings (SSSR count). The van der Waals surface area contributed by atoms with E-state index in [-0.39, 0.29) is 5.54 Å². The van der Waals surface area contributed by atoms with Gasteiger partial charge in [0.15, 0.2) is 0 Å². The van der Waals surface area contributed by atoms with Crippen molar-refractivity contribution in [2.75, 3.05) is 33.2 Å². The molecular weight excluding hydrogens is 240 g/mol. The highest BCUT2D eigenvalue weighted by Gasteiger charge is 2.33. The maximum Gasteiger partial charge on any atom is 0.133 e. The van der Waals surface area contributed by atoms with E-state index in [0.29, 0.717) is 0 Å². The van der Waals surface area contributed by atoms with E-state index in [2.05, 4.69) is 51.3 Å². The molecule has 0 amide bonds. The lowest BCUT2D eigenvalue weighted by Crippen LogP contribution is -2.41. The Morgan fingerprint density at radius 3 is 2.26 bits per heavy atom. The largest absolute Gasteiger partial charge is 0.370 e. The summed E-state index contributed by atoms with van der Waals surface area (Å²) < 4.78 is 0. The molecule has 6 nitrogen and oxygen atoms in total. The number of rotatable bonds is 4. The highest BCUT2D eigenvalue weighted by molar-refractivity contribution is 5.93. The van der Waals surface area contributed by atoms with Gasteiger partial charge in [0.2, 0.25) is 0 Å². The Hall–Kier alpha value is -1.46. The van der Waals surface area contributed by atoms with Gasteiger partial charge in [-0.25, -0.2) is 0 Å². The molecule has 0 spiro atoms. The normalized spacial score (nSPS) is 20.8. The molecule has 0 aliphatic carbocycles. The van der Waals surface area contributed by atoms with E-state index >= 15 is 0 Å². The number of hydrogen-bond donors (Lipinski definition) is 1. The van der Waals surface area contributed by atoms with Crippen molar-refractivity contribution >= 4 is 11.7 Å². The fourth-order valence-corrected chi connectivity index (χ4v) is 2.34. The van der Waals surface area contributed by atoms with E-state index in [9.17, 15) is 0 Å². The number of amidine groups is 2. The second-order valence-electron chi connectivity index (χ2n) is 6.10. The summed E-state index contributed by atoms with van der Waals surface area (Å²) in [5, 5.41) is 12.3. The second-order valence-corrected chi connectivity index (χ2v) is 6.10. The van der Waals surface area contributed by atoms with Gasteiger partial charge < -0.3 is 10.2 Å². The zero-order chi connectivity index (χ0) is 14.1. The van der Waals surface area contributed by atoms with E-state index < -0.39 is 5.54 Å². The highest BCUT2D eigenvalue weighted by atomic mass is 15.3. The number of nitrogens with one attached hydrogen (secondary N) is 1. The topological polar surface area (TPSA) is 64.7 Å². The van der Waals surface area contributed by atoms with Crippen molar-refractivity contribution in [3.05, 3.63) is 0 Å². The molecule has 2 heterocycles. The Bertz CT molecular complexity index is 432. The third-order valence-electron chi connectivity index (χ3n) is 3.41. The quantitative estimate of drug-likeness (QED) is 0.779. The van der Waals surface area contributed by atoms with Gasteiger partial charge >= 0.3 is 0 Å². The fourth-order valence-electron chi connectivity index (χ4n) is 2.34. The summed E-state index contributed by atoms with van der Waals surface area (Å²) in [4.78, 5) is 11.1. The summed E-state index contributed by atoms with van der Waals surface area (Å²) >= 11 is 0. The summed E-state index contributed by atoms with van der Waals surface area (Å²) in [6, 6.07) is 0. The van der Waals surface area contributed by atoms with Crippen LogP contribution in [0.2, 0.25) is 0 Å². The lowest BCUT2D eigenvalue weighted by atomic mass is 10.0. The van der Waals surface area contributed by atoms with Crippen LogP contribution in [0.1, 0.15) is 27.7 Å². The van der Waals surface area contributed by atoms with E-state index in [4.69, 9.17) is 0 Å². The molecule has 106 valence electrons. The van der Waals surface area contributed by atoms with Crippen molar-refractivity contribution in [2.24, 2.45) is 20.2 Å². The summed E-state index contributed by atoms with van der Waals surface area (Å²) in [6.45, 7) is 11.7. The molecule has 6 heteroatoms. The first-order valence-corrected chi connectivity index (χ1v) is 6.82. The van der Waals surface area contributed by atoms with Crippen LogP contribution in [0.25, 0.3) is 0 Å². The Morgan fingerprint density at radius 2 is 1.74 bits per heavy atom. The molecular formula is C13H24N6. The lowest BCUT2D eigenvalue weighted by Gasteiger charge is -2.27. The van der Waals surface area contributed by atoms with Gasteiger partial charge in [0, 0.05) is 20.1 Å². The summed E-state index contributed by atoms with van der Waals surface area (Å²) in [5.74, 6) is 1.93. The minimum Gasteiger partial charge on any atom is -0.370 e. The predicted molar refractivity (Wildman–Crippen MR) is 78.3 cm³/mol. The molecule has 2 aliphatic heterocycles. The van der Waals surface area contributed by atoms with E-state index in [0.717, 1.165) is 37.9 Å². The molecule has 0 saturated carbocycles. The van der Waals surface area contributed by atoms with Gasteiger partial charge in [0.1, 0.15) is 22.7 Å². The van der Waals surface area contributed by atoms with Crippen LogP contribution in [0.3, 0.4) is 0 Å². The molecule has 0 fully saturated rings. The lowest BCUT2D eigenvalue weighted by molar-refractivity contribution is 0.483. The molecule has 0 unspecified atom stereocenters. The van der Waals surface area contributed by atoms with Crippen molar-refractivity contribution in [3.63, 3.8) is 0 Å². The standard InChI is InChI=1S/C13H24N6/c1-12(2,10-14-6-7-15-10)17-18-13(3,4)11-16-8-9-19(11)5/h6-9H2,1-5H3,(H,14,15). The van der Waals surface area contributed by atoms with Gasteiger partial charge in [-0.3, -0.25) is 9.98 Å². The van der Waals surface area contributed by atoms with E-state index in [1.807, 2.05) is 13.8 Å². The number of nitrogens with zero attached hydrogens (tertiary/aromatic N) is 5. The summed E-state index contributed by atoms with van der Waals surface area (Å²) in [7, 11) is 2.05.